The summed E-state index contributed by atoms with van der Waals surface area (Å²) in [5, 5.41) is 10.7. The van der Waals surface area contributed by atoms with Crippen molar-refractivity contribution in [1.29, 1.82) is 0 Å². The van der Waals surface area contributed by atoms with E-state index in [0.29, 0.717) is 4.47 Å². The van der Waals surface area contributed by atoms with Crippen LogP contribution in [-0.4, -0.2) is 22.1 Å². The maximum atomic E-state index is 11.8. The summed E-state index contributed by atoms with van der Waals surface area (Å²) in [6, 6.07) is 1.10. The quantitative estimate of drug-likeness (QED) is 0.354. The summed E-state index contributed by atoms with van der Waals surface area (Å²) in [4.78, 5) is 33.1. The first-order valence-corrected chi connectivity index (χ1v) is 6.05. The van der Waals surface area contributed by atoms with Gasteiger partial charge in [-0.3, -0.25) is 14.9 Å². The van der Waals surface area contributed by atoms with Crippen LogP contribution in [0, 0.1) is 10.1 Å². The van der Waals surface area contributed by atoms with Crippen LogP contribution < -0.4 is 5.56 Å². The van der Waals surface area contributed by atoms with Gasteiger partial charge in [0.05, 0.1) is 18.1 Å². The second kappa shape index (κ2) is 6.28. The van der Waals surface area contributed by atoms with Gasteiger partial charge in [-0.2, -0.15) is 0 Å². The molecule has 0 fully saturated rings. The number of nitro groups is 1. The third-order valence-corrected chi connectivity index (χ3v) is 2.59. The van der Waals surface area contributed by atoms with Crippen molar-refractivity contribution in [3.8, 4) is 0 Å². The summed E-state index contributed by atoms with van der Waals surface area (Å²) in [5.41, 5.74) is -1.35. The van der Waals surface area contributed by atoms with Crippen molar-refractivity contribution >= 4 is 27.6 Å². The molecule has 1 aromatic heterocycles. The highest BCUT2D eigenvalue weighted by Gasteiger charge is 2.17. The van der Waals surface area contributed by atoms with E-state index < -0.39 is 22.1 Å². The SMILES string of the molecule is C=C(Cn1cc(Br)cc([N+](=O)[O-])c1=O)C(=O)OCC. The number of carbonyl (C=O) groups is 1. The van der Waals surface area contributed by atoms with Crippen LogP contribution in [0.4, 0.5) is 5.69 Å². The van der Waals surface area contributed by atoms with E-state index in [4.69, 9.17) is 4.74 Å². The molecule has 102 valence electrons. The molecule has 7 nitrogen and oxygen atoms in total. The van der Waals surface area contributed by atoms with Gasteiger partial charge in [0.25, 0.3) is 0 Å². The summed E-state index contributed by atoms with van der Waals surface area (Å²) in [6.45, 7) is 5.15. The molecule has 0 spiro atoms. The Balaban J connectivity index is 3.09. The monoisotopic (exact) mass is 330 g/mol. The molecule has 0 aliphatic carbocycles. The molecule has 0 aliphatic heterocycles. The second-order valence-electron chi connectivity index (χ2n) is 3.56. The van der Waals surface area contributed by atoms with E-state index in [1.165, 1.54) is 6.20 Å². The number of pyridine rings is 1. The Morgan fingerprint density at radius 3 is 2.79 bits per heavy atom. The third kappa shape index (κ3) is 3.75. The number of esters is 1. The molecule has 1 heterocycles. The summed E-state index contributed by atoms with van der Waals surface area (Å²) < 4.78 is 6.11. The van der Waals surface area contributed by atoms with Crippen LogP contribution in [0.1, 0.15) is 6.92 Å². The normalized spacial score (nSPS) is 10.0. The van der Waals surface area contributed by atoms with Crippen molar-refractivity contribution in [1.82, 2.24) is 4.57 Å². The van der Waals surface area contributed by atoms with Gasteiger partial charge >= 0.3 is 17.2 Å². The van der Waals surface area contributed by atoms with Gasteiger partial charge in [-0.1, -0.05) is 6.58 Å². The first-order valence-electron chi connectivity index (χ1n) is 5.26. The lowest BCUT2D eigenvalue weighted by molar-refractivity contribution is -0.386. The Hall–Kier alpha value is -1.96. The second-order valence-corrected chi connectivity index (χ2v) is 4.47. The number of hydrogen-bond acceptors (Lipinski definition) is 5. The fourth-order valence-corrected chi connectivity index (χ4v) is 1.80. The molecule has 1 rings (SSSR count). The Labute approximate surface area is 116 Å². The number of ether oxygens (including phenoxy) is 1. The molecule has 0 saturated heterocycles. The maximum absolute atomic E-state index is 11.8. The first-order chi connectivity index (χ1) is 8.86. The van der Waals surface area contributed by atoms with E-state index in [1.807, 2.05) is 0 Å². The van der Waals surface area contributed by atoms with Gasteiger partial charge in [-0.15, -0.1) is 0 Å². The minimum atomic E-state index is -0.807. The fraction of sp³-hybridized carbons (Fsp3) is 0.273. The lowest BCUT2D eigenvalue weighted by Crippen LogP contribution is -2.25. The molecule has 0 N–H and O–H groups in total. The lowest BCUT2D eigenvalue weighted by atomic mass is 10.3. The zero-order chi connectivity index (χ0) is 14.6. The molecule has 0 aromatic carbocycles. The highest BCUT2D eigenvalue weighted by Crippen LogP contribution is 2.14. The summed E-state index contributed by atoms with van der Waals surface area (Å²) in [7, 11) is 0. The van der Waals surface area contributed by atoms with Gasteiger partial charge in [-0.25, -0.2) is 4.79 Å². The largest absolute Gasteiger partial charge is 0.463 e. The zero-order valence-corrected chi connectivity index (χ0v) is 11.7. The predicted octanol–water partition coefficient (Wildman–Crippen LogP) is 1.64. The molecule has 19 heavy (non-hydrogen) atoms. The Bertz CT molecular complexity index is 593. The molecule has 0 amide bonds. The minimum absolute atomic E-state index is 0.0383. The van der Waals surface area contributed by atoms with E-state index in [-0.39, 0.29) is 18.7 Å². The fourth-order valence-electron chi connectivity index (χ4n) is 1.34. The molecular formula is C11H11BrN2O5. The van der Waals surface area contributed by atoms with E-state index in [1.54, 1.807) is 6.92 Å². The van der Waals surface area contributed by atoms with E-state index in [0.717, 1.165) is 10.6 Å². The predicted molar refractivity (Wildman–Crippen MR) is 70.8 cm³/mol. The molecule has 0 atom stereocenters. The van der Waals surface area contributed by atoms with Crippen molar-refractivity contribution in [3.63, 3.8) is 0 Å². The summed E-state index contributed by atoms with van der Waals surface area (Å²) >= 11 is 3.06. The standard InChI is InChI=1S/C11H11BrN2O5/c1-3-19-11(16)7(2)5-13-6-8(12)4-9(10(13)15)14(17)18/h4,6H,2-3,5H2,1H3. The number of hydrogen-bond donors (Lipinski definition) is 0. The van der Waals surface area contributed by atoms with Crippen LogP contribution in [0.25, 0.3) is 0 Å². The zero-order valence-electron chi connectivity index (χ0n) is 10.1. The number of halogens is 1. The Kier molecular flexibility index (Phi) is 4.99. The summed E-state index contributed by atoms with van der Waals surface area (Å²) in [6.07, 6.45) is 1.35. The highest BCUT2D eigenvalue weighted by molar-refractivity contribution is 9.10. The van der Waals surface area contributed by atoms with Crippen LogP contribution in [0.5, 0.6) is 0 Å². The Morgan fingerprint density at radius 2 is 2.26 bits per heavy atom. The van der Waals surface area contributed by atoms with E-state index >= 15 is 0 Å². The van der Waals surface area contributed by atoms with Crippen LogP contribution in [0.2, 0.25) is 0 Å². The molecule has 0 radical (unpaired) electrons. The van der Waals surface area contributed by atoms with Gasteiger partial charge < -0.3 is 9.30 Å². The number of nitrogens with zero attached hydrogens (tertiary/aromatic N) is 2. The molecule has 0 bridgehead atoms. The molecule has 0 unspecified atom stereocenters. The van der Waals surface area contributed by atoms with Crippen molar-refractivity contribution in [2.24, 2.45) is 0 Å². The Morgan fingerprint density at radius 1 is 1.63 bits per heavy atom. The minimum Gasteiger partial charge on any atom is -0.463 e. The molecule has 1 aromatic rings. The number of rotatable bonds is 5. The lowest BCUT2D eigenvalue weighted by Gasteiger charge is -2.08. The van der Waals surface area contributed by atoms with Crippen molar-refractivity contribution in [2.45, 2.75) is 13.5 Å². The van der Waals surface area contributed by atoms with Gasteiger partial charge in [0, 0.05) is 22.3 Å². The van der Waals surface area contributed by atoms with Crippen LogP contribution in [0.3, 0.4) is 0 Å². The molecule has 0 aliphatic rings. The van der Waals surface area contributed by atoms with E-state index in [9.17, 15) is 19.7 Å². The van der Waals surface area contributed by atoms with Crippen molar-refractivity contribution < 1.29 is 14.5 Å². The van der Waals surface area contributed by atoms with Gasteiger partial charge in [0.15, 0.2) is 0 Å². The average molecular weight is 331 g/mol. The molecule has 0 saturated carbocycles. The van der Waals surface area contributed by atoms with E-state index in [2.05, 4.69) is 22.5 Å². The van der Waals surface area contributed by atoms with Crippen molar-refractivity contribution in [2.75, 3.05) is 6.61 Å². The molecular weight excluding hydrogens is 320 g/mol. The molecule has 8 heteroatoms. The van der Waals surface area contributed by atoms with Gasteiger partial charge in [-0.05, 0) is 22.9 Å². The topological polar surface area (TPSA) is 91.4 Å². The number of aromatic nitrogens is 1. The smallest absolute Gasteiger partial charge is 0.335 e. The highest BCUT2D eigenvalue weighted by atomic mass is 79.9. The van der Waals surface area contributed by atoms with Crippen molar-refractivity contribution in [3.05, 3.63) is 49.4 Å². The van der Waals surface area contributed by atoms with Gasteiger partial charge in [0.2, 0.25) is 0 Å². The van der Waals surface area contributed by atoms with Crippen LogP contribution >= 0.6 is 15.9 Å². The third-order valence-electron chi connectivity index (χ3n) is 2.16. The van der Waals surface area contributed by atoms with Gasteiger partial charge in [0.1, 0.15) is 0 Å². The number of carbonyl (C=O) groups excluding carboxylic acids is 1. The first kappa shape index (κ1) is 15.1. The summed E-state index contributed by atoms with van der Waals surface area (Å²) in [5.74, 6) is -0.642. The van der Waals surface area contributed by atoms with Crippen LogP contribution in [-0.2, 0) is 16.1 Å². The maximum Gasteiger partial charge on any atom is 0.335 e. The van der Waals surface area contributed by atoms with Crippen LogP contribution in [0.15, 0.2) is 33.7 Å². The average Bonchev–Trinajstić information content (AvgIpc) is 2.33.